The summed E-state index contributed by atoms with van der Waals surface area (Å²) in [6.45, 7) is 0. The molecular weight excluding hydrogens is 232 g/mol. The van der Waals surface area contributed by atoms with Crippen molar-refractivity contribution in [3.63, 3.8) is 0 Å². The number of benzene rings is 1. The fraction of sp³-hybridized carbons (Fsp3) is 0.385. The summed E-state index contributed by atoms with van der Waals surface area (Å²) in [5, 5.41) is 11.6. The van der Waals surface area contributed by atoms with E-state index in [-0.39, 0.29) is 5.91 Å². The van der Waals surface area contributed by atoms with Crippen molar-refractivity contribution in [1.29, 1.82) is 0 Å². The largest absolute Gasteiger partial charge is 0.481 e. The maximum atomic E-state index is 11.9. The van der Waals surface area contributed by atoms with Gasteiger partial charge in [-0.05, 0) is 18.6 Å². The summed E-state index contributed by atoms with van der Waals surface area (Å²) in [6, 6.07) is 7.44. The van der Waals surface area contributed by atoms with Crippen LogP contribution >= 0.6 is 0 Å². The standard InChI is InChI=1S/C13H16N2O3/c1-15(2)11-6-4-3-5-10(11)14-12(16)8-7-9(8)13(17)18/h3-6,8-9H,7H2,1-2H3,(H,14,16)(H,17,18). The molecule has 5 nitrogen and oxygen atoms in total. The highest BCUT2D eigenvalue weighted by Crippen LogP contribution is 2.40. The first-order valence-corrected chi connectivity index (χ1v) is 5.80. The van der Waals surface area contributed by atoms with Crippen molar-refractivity contribution in [2.45, 2.75) is 6.42 Å². The zero-order chi connectivity index (χ0) is 13.3. The predicted octanol–water partition coefficient (Wildman–Crippen LogP) is 1.41. The molecule has 96 valence electrons. The molecule has 1 saturated carbocycles. The molecular formula is C13H16N2O3. The number of para-hydroxylation sites is 2. The number of nitrogens with zero attached hydrogens (tertiary/aromatic N) is 1. The lowest BCUT2D eigenvalue weighted by Crippen LogP contribution is -2.19. The minimum absolute atomic E-state index is 0.211. The van der Waals surface area contributed by atoms with Crippen LogP contribution in [0.15, 0.2) is 24.3 Å². The van der Waals surface area contributed by atoms with E-state index in [1.807, 2.05) is 43.3 Å². The van der Waals surface area contributed by atoms with Crippen molar-refractivity contribution in [2.75, 3.05) is 24.3 Å². The Hall–Kier alpha value is -2.04. The molecule has 1 aliphatic rings. The van der Waals surface area contributed by atoms with E-state index in [1.165, 1.54) is 0 Å². The molecule has 0 radical (unpaired) electrons. The van der Waals surface area contributed by atoms with Gasteiger partial charge in [0.1, 0.15) is 0 Å². The Kier molecular flexibility index (Phi) is 3.23. The highest BCUT2D eigenvalue weighted by atomic mass is 16.4. The first-order valence-electron chi connectivity index (χ1n) is 5.80. The SMILES string of the molecule is CN(C)c1ccccc1NC(=O)C1CC1C(=O)O. The summed E-state index contributed by atoms with van der Waals surface area (Å²) in [5.74, 6) is -2.01. The first-order chi connectivity index (χ1) is 8.50. The summed E-state index contributed by atoms with van der Waals surface area (Å²) in [6.07, 6.45) is 0.436. The van der Waals surface area contributed by atoms with Crippen LogP contribution in [0.1, 0.15) is 6.42 Å². The van der Waals surface area contributed by atoms with Crippen LogP contribution in [-0.2, 0) is 9.59 Å². The second kappa shape index (κ2) is 4.68. The van der Waals surface area contributed by atoms with Gasteiger partial charge in [-0.2, -0.15) is 0 Å². The molecule has 5 heteroatoms. The molecule has 0 aliphatic heterocycles. The van der Waals surface area contributed by atoms with Gasteiger partial charge in [-0.3, -0.25) is 9.59 Å². The number of carboxylic acid groups (broad SMARTS) is 1. The van der Waals surface area contributed by atoms with Crippen molar-refractivity contribution in [1.82, 2.24) is 0 Å². The molecule has 1 fully saturated rings. The Balaban J connectivity index is 2.06. The summed E-state index contributed by atoms with van der Waals surface area (Å²) in [5.41, 5.74) is 1.61. The fourth-order valence-corrected chi connectivity index (χ4v) is 1.95. The Morgan fingerprint density at radius 3 is 2.50 bits per heavy atom. The van der Waals surface area contributed by atoms with Crippen molar-refractivity contribution >= 4 is 23.3 Å². The monoisotopic (exact) mass is 248 g/mol. The predicted molar refractivity (Wildman–Crippen MR) is 68.6 cm³/mol. The molecule has 1 aliphatic carbocycles. The number of hydrogen-bond acceptors (Lipinski definition) is 3. The third-order valence-electron chi connectivity index (χ3n) is 3.09. The van der Waals surface area contributed by atoms with Crippen LogP contribution in [0.4, 0.5) is 11.4 Å². The van der Waals surface area contributed by atoms with Crippen molar-refractivity contribution in [3.8, 4) is 0 Å². The smallest absolute Gasteiger partial charge is 0.307 e. The van der Waals surface area contributed by atoms with E-state index in [0.29, 0.717) is 12.1 Å². The number of amides is 1. The van der Waals surface area contributed by atoms with E-state index in [2.05, 4.69) is 5.32 Å². The minimum Gasteiger partial charge on any atom is -0.481 e. The third-order valence-corrected chi connectivity index (χ3v) is 3.09. The van der Waals surface area contributed by atoms with E-state index in [4.69, 9.17) is 5.11 Å². The number of carbonyl (C=O) groups is 2. The molecule has 0 saturated heterocycles. The fourth-order valence-electron chi connectivity index (χ4n) is 1.95. The molecule has 1 aromatic rings. The maximum Gasteiger partial charge on any atom is 0.307 e. The molecule has 0 heterocycles. The third kappa shape index (κ3) is 2.45. The van der Waals surface area contributed by atoms with Gasteiger partial charge >= 0.3 is 5.97 Å². The Bertz CT molecular complexity index is 485. The lowest BCUT2D eigenvalue weighted by Gasteiger charge is -2.17. The van der Waals surface area contributed by atoms with Crippen LogP contribution in [0, 0.1) is 11.8 Å². The van der Waals surface area contributed by atoms with Gasteiger partial charge in [-0.15, -0.1) is 0 Å². The minimum atomic E-state index is -0.893. The number of anilines is 2. The summed E-state index contributed by atoms with van der Waals surface area (Å²) in [7, 11) is 3.78. The average Bonchev–Trinajstić information content (AvgIpc) is 3.09. The lowest BCUT2D eigenvalue weighted by molar-refractivity contribution is -0.139. The molecule has 1 aromatic carbocycles. The highest BCUT2D eigenvalue weighted by molar-refractivity contribution is 6.00. The van der Waals surface area contributed by atoms with Crippen LogP contribution in [0.25, 0.3) is 0 Å². The second-order valence-corrected chi connectivity index (χ2v) is 4.69. The molecule has 2 atom stereocenters. The van der Waals surface area contributed by atoms with Crippen LogP contribution in [0.3, 0.4) is 0 Å². The van der Waals surface area contributed by atoms with Gasteiger partial charge in [0.2, 0.25) is 5.91 Å². The van der Waals surface area contributed by atoms with E-state index in [0.717, 1.165) is 5.69 Å². The molecule has 1 amide bonds. The summed E-state index contributed by atoms with van der Waals surface area (Å²) < 4.78 is 0. The summed E-state index contributed by atoms with van der Waals surface area (Å²) >= 11 is 0. The number of carboxylic acids is 1. The number of carbonyl (C=O) groups excluding carboxylic acids is 1. The van der Waals surface area contributed by atoms with Gasteiger partial charge in [0, 0.05) is 14.1 Å². The van der Waals surface area contributed by atoms with Gasteiger partial charge in [0.05, 0.1) is 23.2 Å². The van der Waals surface area contributed by atoms with Crippen LogP contribution in [0.5, 0.6) is 0 Å². The van der Waals surface area contributed by atoms with E-state index in [9.17, 15) is 9.59 Å². The van der Waals surface area contributed by atoms with Crippen LogP contribution < -0.4 is 10.2 Å². The van der Waals surface area contributed by atoms with Gasteiger partial charge in [-0.25, -0.2) is 0 Å². The molecule has 2 N–H and O–H groups in total. The number of nitrogens with one attached hydrogen (secondary N) is 1. The highest BCUT2D eigenvalue weighted by Gasteiger charge is 2.48. The average molecular weight is 248 g/mol. The zero-order valence-corrected chi connectivity index (χ0v) is 10.4. The molecule has 2 unspecified atom stereocenters. The topological polar surface area (TPSA) is 69.6 Å². The number of aliphatic carboxylic acids is 1. The first kappa shape index (κ1) is 12.4. The van der Waals surface area contributed by atoms with Crippen LogP contribution in [0.2, 0.25) is 0 Å². The normalized spacial score (nSPS) is 21.2. The Morgan fingerprint density at radius 1 is 1.28 bits per heavy atom. The van der Waals surface area contributed by atoms with Crippen molar-refractivity contribution in [2.24, 2.45) is 11.8 Å². The molecule has 2 rings (SSSR count). The maximum absolute atomic E-state index is 11.9. The molecule has 0 aromatic heterocycles. The lowest BCUT2D eigenvalue weighted by atomic mass is 10.2. The van der Waals surface area contributed by atoms with Gasteiger partial charge in [0.25, 0.3) is 0 Å². The molecule has 0 spiro atoms. The van der Waals surface area contributed by atoms with Crippen LogP contribution in [-0.4, -0.2) is 31.1 Å². The van der Waals surface area contributed by atoms with E-state index < -0.39 is 17.8 Å². The van der Waals surface area contributed by atoms with Crippen molar-refractivity contribution in [3.05, 3.63) is 24.3 Å². The van der Waals surface area contributed by atoms with E-state index in [1.54, 1.807) is 0 Å². The number of hydrogen-bond donors (Lipinski definition) is 2. The number of rotatable bonds is 4. The van der Waals surface area contributed by atoms with Gasteiger partial charge in [-0.1, -0.05) is 12.1 Å². The van der Waals surface area contributed by atoms with Gasteiger partial charge < -0.3 is 15.3 Å². The molecule has 0 bridgehead atoms. The molecule has 18 heavy (non-hydrogen) atoms. The Labute approximate surface area is 105 Å². The zero-order valence-electron chi connectivity index (χ0n) is 10.4. The van der Waals surface area contributed by atoms with Crippen molar-refractivity contribution < 1.29 is 14.7 Å². The Morgan fingerprint density at radius 2 is 1.94 bits per heavy atom. The quantitative estimate of drug-likeness (QED) is 0.845. The van der Waals surface area contributed by atoms with Gasteiger partial charge in [0.15, 0.2) is 0 Å². The summed E-state index contributed by atoms with van der Waals surface area (Å²) in [4.78, 5) is 24.5. The van der Waals surface area contributed by atoms with E-state index >= 15 is 0 Å². The second-order valence-electron chi connectivity index (χ2n) is 4.69.